The molecular weight excluding hydrogens is 532 g/mol. The van der Waals surface area contributed by atoms with E-state index in [1.165, 1.54) is 76.5 Å². The summed E-state index contributed by atoms with van der Waals surface area (Å²) in [4.78, 5) is 0. The average molecular weight is 561 g/mol. The molecule has 0 fully saturated rings. The third-order valence-corrected chi connectivity index (χ3v) is 10.2. The summed E-state index contributed by atoms with van der Waals surface area (Å²) >= 11 is 0. The van der Waals surface area contributed by atoms with Gasteiger partial charge >= 0.3 is 0 Å². The molecule has 0 saturated carbocycles. The van der Waals surface area contributed by atoms with Gasteiger partial charge in [-0.15, -0.1) is 0 Å². The van der Waals surface area contributed by atoms with Crippen LogP contribution in [0.5, 0.6) is 0 Å². The Balaban J connectivity index is 1.19. The first kappa shape index (κ1) is 24.1. The molecule has 1 aromatic heterocycles. The molecule has 1 heterocycles. The molecule has 0 aliphatic heterocycles. The molecule has 1 heteroatoms. The number of rotatable bonds is 1. The maximum Gasteiger partial charge on any atom is 0.143 e. The second kappa shape index (κ2) is 8.36. The Kier molecular flexibility index (Phi) is 4.58. The monoisotopic (exact) mass is 560 g/mol. The smallest absolute Gasteiger partial charge is 0.143 e. The highest BCUT2D eigenvalue weighted by molar-refractivity contribution is 6.32. The summed E-state index contributed by atoms with van der Waals surface area (Å²) in [6.45, 7) is 4.69. The van der Waals surface area contributed by atoms with Crippen LogP contribution in [-0.2, 0) is 5.41 Å². The van der Waals surface area contributed by atoms with Crippen molar-refractivity contribution >= 4 is 65.0 Å². The van der Waals surface area contributed by atoms with Crippen molar-refractivity contribution in [3.8, 4) is 22.3 Å². The number of fused-ring (bicyclic) bond motifs is 14. The van der Waals surface area contributed by atoms with Gasteiger partial charge in [0.2, 0.25) is 0 Å². The summed E-state index contributed by atoms with van der Waals surface area (Å²) in [6, 6.07) is 49.2. The predicted octanol–water partition coefficient (Wildman–Crippen LogP) is 12.2. The van der Waals surface area contributed by atoms with Gasteiger partial charge in [-0.3, -0.25) is 0 Å². The van der Waals surface area contributed by atoms with E-state index >= 15 is 0 Å². The highest BCUT2D eigenvalue weighted by Crippen LogP contribution is 2.50. The molecule has 9 aromatic rings. The molecule has 1 aliphatic carbocycles. The van der Waals surface area contributed by atoms with E-state index in [1.807, 2.05) is 0 Å². The van der Waals surface area contributed by atoms with Gasteiger partial charge in [0.15, 0.2) is 0 Å². The van der Waals surface area contributed by atoms with Crippen molar-refractivity contribution in [1.82, 2.24) is 0 Å². The second-order valence-corrected chi connectivity index (χ2v) is 12.9. The summed E-state index contributed by atoms with van der Waals surface area (Å²) in [5.74, 6) is 0. The Morgan fingerprint density at radius 3 is 1.86 bits per heavy atom. The molecule has 206 valence electrons. The Bertz CT molecular complexity index is 2650. The summed E-state index contributed by atoms with van der Waals surface area (Å²) in [7, 11) is 0. The molecule has 0 atom stereocenters. The molecule has 1 nitrogen and oxygen atoms in total. The van der Waals surface area contributed by atoms with Gasteiger partial charge in [-0.25, -0.2) is 0 Å². The Hall–Kier alpha value is -5.40. The largest absolute Gasteiger partial charge is 0.455 e. The molecule has 0 radical (unpaired) electrons. The van der Waals surface area contributed by atoms with Crippen LogP contribution in [0, 0.1) is 0 Å². The molecule has 0 unspecified atom stereocenters. The third kappa shape index (κ3) is 3.09. The minimum atomic E-state index is -0.0150. The van der Waals surface area contributed by atoms with Gasteiger partial charge in [-0.05, 0) is 101 Å². The van der Waals surface area contributed by atoms with Crippen molar-refractivity contribution in [1.29, 1.82) is 0 Å². The topological polar surface area (TPSA) is 13.1 Å². The lowest BCUT2D eigenvalue weighted by Crippen LogP contribution is -2.14. The van der Waals surface area contributed by atoms with Crippen molar-refractivity contribution in [3.63, 3.8) is 0 Å². The van der Waals surface area contributed by atoms with E-state index < -0.39 is 0 Å². The molecule has 0 bridgehead atoms. The predicted molar refractivity (Wildman–Crippen MR) is 187 cm³/mol. The summed E-state index contributed by atoms with van der Waals surface area (Å²) in [5, 5.41) is 12.2. The first-order chi connectivity index (χ1) is 21.6. The zero-order chi connectivity index (χ0) is 29.2. The molecule has 0 spiro atoms. The Morgan fingerprint density at radius 1 is 0.432 bits per heavy atom. The van der Waals surface area contributed by atoms with Crippen LogP contribution in [0.25, 0.3) is 87.3 Å². The zero-order valence-corrected chi connectivity index (χ0v) is 24.6. The van der Waals surface area contributed by atoms with E-state index in [2.05, 4.69) is 147 Å². The first-order valence-electron chi connectivity index (χ1n) is 15.4. The molecule has 1 aliphatic rings. The van der Waals surface area contributed by atoms with E-state index in [4.69, 9.17) is 4.42 Å². The fraction of sp³-hybridized carbons (Fsp3) is 0.0698. The quantitative estimate of drug-likeness (QED) is 0.182. The van der Waals surface area contributed by atoms with E-state index in [-0.39, 0.29) is 5.41 Å². The highest BCUT2D eigenvalue weighted by atomic mass is 16.3. The van der Waals surface area contributed by atoms with Crippen LogP contribution in [0.2, 0.25) is 0 Å². The molecule has 0 N–H and O–H groups in total. The molecule has 10 rings (SSSR count). The average Bonchev–Trinajstić information content (AvgIpc) is 3.54. The van der Waals surface area contributed by atoms with Crippen LogP contribution in [0.4, 0.5) is 0 Å². The summed E-state index contributed by atoms with van der Waals surface area (Å²) in [5.41, 5.74) is 9.91. The molecular formula is C43H28O. The standard InChI is InChI=1S/C43H28O/c1-43(2)38-14-8-7-12-32(38)33-18-17-26(23-39(33)43)25-15-16-27-24-40-37(22-28(27)21-25)36-20-19-35-31-11-4-3-9-29(31)30-10-5-6-13-34(30)41(35)42(36)44-40/h3-24H,1-2H3. The lowest BCUT2D eigenvalue weighted by Gasteiger charge is -2.22. The van der Waals surface area contributed by atoms with E-state index in [0.717, 1.165) is 21.9 Å². The van der Waals surface area contributed by atoms with Crippen molar-refractivity contribution in [2.24, 2.45) is 0 Å². The van der Waals surface area contributed by atoms with Gasteiger partial charge in [0.05, 0.1) is 0 Å². The fourth-order valence-electron chi connectivity index (χ4n) is 8.03. The van der Waals surface area contributed by atoms with Gasteiger partial charge in [-0.1, -0.05) is 117 Å². The van der Waals surface area contributed by atoms with Gasteiger partial charge in [0.25, 0.3) is 0 Å². The minimum absolute atomic E-state index is 0.0150. The summed E-state index contributed by atoms with van der Waals surface area (Å²) in [6.07, 6.45) is 0. The maximum atomic E-state index is 6.75. The first-order valence-corrected chi connectivity index (χ1v) is 15.4. The van der Waals surface area contributed by atoms with Crippen LogP contribution >= 0.6 is 0 Å². The van der Waals surface area contributed by atoms with Gasteiger partial charge < -0.3 is 4.42 Å². The van der Waals surface area contributed by atoms with Gasteiger partial charge in [0.1, 0.15) is 11.2 Å². The van der Waals surface area contributed by atoms with Crippen LogP contribution in [-0.4, -0.2) is 0 Å². The van der Waals surface area contributed by atoms with E-state index in [9.17, 15) is 0 Å². The third-order valence-electron chi connectivity index (χ3n) is 10.2. The Morgan fingerprint density at radius 2 is 1.05 bits per heavy atom. The van der Waals surface area contributed by atoms with E-state index in [1.54, 1.807) is 0 Å². The van der Waals surface area contributed by atoms with Crippen LogP contribution in [0.1, 0.15) is 25.0 Å². The van der Waals surface area contributed by atoms with Crippen LogP contribution in [0.15, 0.2) is 138 Å². The minimum Gasteiger partial charge on any atom is -0.455 e. The number of furan rings is 1. The van der Waals surface area contributed by atoms with Gasteiger partial charge in [-0.2, -0.15) is 0 Å². The molecule has 8 aromatic carbocycles. The highest BCUT2D eigenvalue weighted by Gasteiger charge is 2.35. The number of benzene rings is 8. The molecule has 0 saturated heterocycles. The molecule has 0 amide bonds. The molecule has 44 heavy (non-hydrogen) atoms. The lowest BCUT2D eigenvalue weighted by atomic mass is 9.81. The fourth-order valence-corrected chi connectivity index (χ4v) is 8.03. The van der Waals surface area contributed by atoms with Crippen LogP contribution < -0.4 is 0 Å². The van der Waals surface area contributed by atoms with Crippen molar-refractivity contribution in [2.75, 3.05) is 0 Å². The maximum absolute atomic E-state index is 6.75. The zero-order valence-electron chi connectivity index (χ0n) is 24.6. The second-order valence-electron chi connectivity index (χ2n) is 12.9. The van der Waals surface area contributed by atoms with Crippen LogP contribution in [0.3, 0.4) is 0 Å². The van der Waals surface area contributed by atoms with Gasteiger partial charge in [0, 0.05) is 21.6 Å². The van der Waals surface area contributed by atoms with Crippen molar-refractivity contribution < 1.29 is 4.42 Å². The van der Waals surface area contributed by atoms with E-state index in [0.29, 0.717) is 0 Å². The Labute approximate surface area is 255 Å². The van der Waals surface area contributed by atoms with Crippen molar-refractivity contribution in [3.05, 3.63) is 145 Å². The SMILES string of the molecule is CC1(C)c2ccccc2-c2ccc(-c3ccc4cc5oc6c(ccc7c8ccccc8c8ccccc8c76)c5cc4c3)cc21. The lowest BCUT2D eigenvalue weighted by molar-refractivity contribution is 0.660. The van der Waals surface area contributed by atoms with Crippen molar-refractivity contribution in [2.45, 2.75) is 19.3 Å². The summed E-state index contributed by atoms with van der Waals surface area (Å²) < 4.78 is 6.75. The normalized spacial score (nSPS) is 13.9. The number of hydrogen-bond acceptors (Lipinski definition) is 1. The number of hydrogen-bond donors (Lipinski definition) is 0.